The Morgan fingerprint density at radius 1 is 1.14 bits per heavy atom. The second kappa shape index (κ2) is 5.40. The van der Waals surface area contributed by atoms with E-state index in [0.717, 1.165) is 21.9 Å². The number of hydrogen-bond donors (Lipinski definition) is 3. The highest BCUT2D eigenvalue weighted by atomic mass is 16.5. The Labute approximate surface area is 127 Å². The van der Waals surface area contributed by atoms with Crippen molar-refractivity contribution in [2.24, 2.45) is 0 Å². The van der Waals surface area contributed by atoms with Crippen molar-refractivity contribution >= 4 is 22.5 Å². The van der Waals surface area contributed by atoms with Crippen molar-refractivity contribution < 1.29 is 9.84 Å². The highest BCUT2D eigenvalue weighted by Gasteiger charge is 2.13. The molecule has 2 aromatic carbocycles. The number of anilines is 2. The topological polar surface area (TPSA) is 107 Å². The number of aromatic nitrogens is 2. The molecule has 0 aliphatic rings. The summed E-state index contributed by atoms with van der Waals surface area (Å²) in [6.45, 7) is 0. The Hall–Kier alpha value is -3.02. The van der Waals surface area contributed by atoms with Gasteiger partial charge in [0, 0.05) is 23.6 Å². The summed E-state index contributed by atoms with van der Waals surface area (Å²) in [7, 11) is 1.52. The largest absolute Gasteiger partial charge is 0.504 e. The molecule has 0 fully saturated rings. The van der Waals surface area contributed by atoms with Gasteiger partial charge >= 0.3 is 0 Å². The minimum Gasteiger partial charge on any atom is -0.504 e. The Bertz CT molecular complexity index is 849. The third-order valence-corrected chi connectivity index (χ3v) is 3.58. The van der Waals surface area contributed by atoms with Crippen molar-refractivity contribution in [1.29, 1.82) is 0 Å². The summed E-state index contributed by atoms with van der Waals surface area (Å²) in [6, 6.07) is 9.37. The summed E-state index contributed by atoms with van der Waals surface area (Å²) < 4.78 is 5.25. The van der Waals surface area contributed by atoms with E-state index in [-0.39, 0.29) is 11.7 Å². The van der Waals surface area contributed by atoms with E-state index in [0.29, 0.717) is 18.0 Å². The van der Waals surface area contributed by atoms with Crippen LogP contribution >= 0.6 is 0 Å². The molecule has 6 nitrogen and oxygen atoms in total. The standard InChI is InChI=1S/C16H16N4O2/c1-22-13-7-9(6-10-8-19-16(18)20-15(10)17)11-4-2-3-5-12(11)14(13)21/h2-5,7-8,21H,6H2,1H3,(H4,17,18,19,20). The third-order valence-electron chi connectivity index (χ3n) is 3.58. The number of nitrogens with zero attached hydrogens (tertiary/aromatic N) is 2. The van der Waals surface area contributed by atoms with Crippen LogP contribution in [0.4, 0.5) is 11.8 Å². The maximum absolute atomic E-state index is 10.2. The number of phenols is 1. The second-order valence-electron chi connectivity index (χ2n) is 4.95. The van der Waals surface area contributed by atoms with Crippen LogP contribution in [-0.4, -0.2) is 22.2 Å². The van der Waals surface area contributed by atoms with Gasteiger partial charge in [0.05, 0.1) is 7.11 Å². The monoisotopic (exact) mass is 296 g/mol. The first kappa shape index (κ1) is 13.9. The summed E-state index contributed by atoms with van der Waals surface area (Å²) in [5, 5.41) is 11.9. The molecule has 5 N–H and O–H groups in total. The Kier molecular flexibility index (Phi) is 3.42. The van der Waals surface area contributed by atoms with Gasteiger partial charge in [-0.25, -0.2) is 4.98 Å². The highest BCUT2D eigenvalue weighted by Crippen LogP contribution is 2.37. The molecular formula is C16H16N4O2. The van der Waals surface area contributed by atoms with E-state index in [1.54, 1.807) is 12.3 Å². The van der Waals surface area contributed by atoms with Crippen LogP contribution in [0.3, 0.4) is 0 Å². The zero-order chi connectivity index (χ0) is 15.7. The molecule has 0 aliphatic heterocycles. The summed E-state index contributed by atoms with van der Waals surface area (Å²) >= 11 is 0. The normalized spacial score (nSPS) is 10.8. The van der Waals surface area contributed by atoms with Gasteiger partial charge < -0.3 is 21.3 Å². The van der Waals surface area contributed by atoms with Crippen LogP contribution in [0, 0.1) is 0 Å². The number of benzene rings is 2. The van der Waals surface area contributed by atoms with Crippen LogP contribution in [0.25, 0.3) is 10.8 Å². The zero-order valence-electron chi connectivity index (χ0n) is 12.1. The average molecular weight is 296 g/mol. The van der Waals surface area contributed by atoms with Gasteiger partial charge in [0.15, 0.2) is 11.5 Å². The van der Waals surface area contributed by atoms with Gasteiger partial charge in [-0.3, -0.25) is 0 Å². The summed E-state index contributed by atoms with van der Waals surface area (Å²) in [6.07, 6.45) is 2.13. The van der Waals surface area contributed by atoms with Gasteiger partial charge in [0.2, 0.25) is 5.95 Å². The van der Waals surface area contributed by atoms with Gasteiger partial charge in [0.25, 0.3) is 0 Å². The molecule has 6 heteroatoms. The lowest BCUT2D eigenvalue weighted by Gasteiger charge is -2.13. The number of nitrogens with two attached hydrogens (primary N) is 2. The Morgan fingerprint density at radius 2 is 1.86 bits per heavy atom. The minimum absolute atomic E-state index is 0.128. The van der Waals surface area contributed by atoms with E-state index in [1.165, 1.54) is 7.11 Å². The molecular weight excluding hydrogens is 280 g/mol. The molecule has 0 saturated heterocycles. The number of fused-ring (bicyclic) bond motifs is 1. The van der Waals surface area contributed by atoms with Crippen molar-refractivity contribution in [3.05, 3.63) is 47.7 Å². The third kappa shape index (κ3) is 2.35. The van der Waals surface area contributed by atoms with Gasteiger partial charge in [-0.15, -0.1) is 0 Å². The molecule has 0 spiro atoms. The van der Waals surface area contributed by atoms with Crippen LogP contribution in [0.2, 0.25) is 0 Å². The summed E-state index contributed by atoms with van der Waals surface area (Å²) in [5.41, 5.74) is 13.2. The molecule has 22 heavy (non-hydrogen) atoms. The van der Waals surface area contributed by atoms with E-state index in [4.69, 9.17) is 16.2 Å². The summed E-state index contributed by atoms with van der Waals surface area (Å²) in [5.74, 6) is 1.05. The number of methoxy groups -OCH3 is 1. The first-order chi connectivity index (χ1) is 10.6. The van der Waals surface area contributed by atoms with E-state index in [1.807, 2.05) is 24.3 Å². The highest BCUT2D eigenvalue weighted by molar-refractivity contribution is 5.93. The van der Waals surface area contributed by atoms with Crippen molar-refractivity contribution in [2.75, 3.05) is 18.6 Å². The van der Waals surface area contributed by atoms with Crippen molar-refractivity contribution in [3.63, 3.8) is 0 Å². The molecule has 0 bridgehead atoms. The molecule has 0 saturated carbocycles. The van der Waals surface area contributed by atoms with Crippen LogP contribution in [0.1, 0.15) is 11.1 Å². The Balaban J connectivity index is 2.16. The molecule has 1 aromatic heterocycles. The number of ether oxygens (including phenoxy) is 1. The number of nitrogen functional groups attached to an aromatic ring is 2. The lowest BCUT2D eigenvalue weighted by atomic mass is 9.98. The van der Waals surface area contributed by atoms with Gasteiger partial charge in [-0.2, -0.15) is 4.98 Å². The van der Waals surface area contributed by atoms with Crippen LogP contribution in [0.5, 0.6) is 11.5 Å². The van der Waals surface area contributed by atoms with Gasteiger partial charge in [0.1, 0.15) is 5.82 Å². The fraction of sp³-hybridized carbons (Fsp3) is 0.125. The maximum atomic E-state index is 10.2. The fourth-order valence-corrected chi connectivity index (χ4v) is 2.48. The van der Waals surface area contributed by atoms with Crippen LogP contribution in [0.15, 0.2) is 36.5 Å². The van der Waals surface area contributed by atoms with Crippen molar-refractivity contribution in [2.45, 2.75) is 6.42 Å². The molecule has 1 heterocycles. The molecule has 3 rings (SSSR count). The molecule has 0 atom stereocenters. The molecule has 3 aromatic rings. The van der Waals surface area contributed by atoms with E-state index in [2.05, 4.69) is 9.97 Å². The smallest absolute Gasteiger partial charge is 0.221 e. The van der Waals surface area contributed by atoms with Crippen molar-refractivity contribution in [1.82, 2.24) is 9.97 Å². The lowest BCUT2D eigenvalue weighted by molar-refractivity contribution is 0.376. The van der Waals surface area contributed by atoms with E-state index < -0.39 is 0 Å². The van der Waals surface area contributed by atoms with Crippen LogP contribution in [-0.2, 0) is 6.42 Å². The first-order valence-electron chi connectivity index (χ1n) is 6.74. The predicted octanol–water partition coefficient (Wildman–Crippen LogP) is 2.10. The number of phenolic OH excluding ortho intramolecular Hbond substituents is 1. The first-order valence-corrected chi connectivity index (χ1v) is 6.74. The van der Waals surface area contributed by atoms with Gasteiger partial charge in [-0.05, 0) is 17.0 Å². The maximum Gasteiger partial charge on any atom is 0.221 e. The average Bonchev–Trinajstić information content (AvgIpc) is 2.52. The predicted molar refractivity (Wildman–Crippen MR) is 85.8 cm³/mol. The minimum atomic E-state index is 0.128. The molecule has 0 amide bonds. The quantitative estimate of drug-likeness (QED) is 0.683. The molecule has 0 unspecified atom stereocenters. The van der Waals surface area contributed by atoms with Crippen molar-refractivity contribution in [3.8, 4) is 11.5 Å². The lowest BCUT2D eigenvalue weighted by Crippen LogP contribution is -2.04. The second-order valence-corrected chi connectivity index (χ2v) is 4.95. The number of rotatable bonds is 3. The van der Waals surface area contributed by atoms with E-state index >= 15 is 0 Å². The SMILES string of the molecule is COc1cc(Cc2cnc(N)nc2N)c2ccccc2c1O. The van der Waals surface area contributed by atoms with Gasteiger partial charge in [-0.1, -0.05) is 24.3 Å². The zero-order valence-corrected chi connectivity index (χ0v) is 12.1. The number of hydrogen-bond acceptors (Lipinski definition) is 6. The fourth-order valence-electron chi connectivity index (χ4n) is 2.48. The van der Waals surface area contributed by atoms with Crippen LogP contribution < -0.4 is 16.2 Å². The van der Waals surface area contributed by atoms with E-state index in [9.17, 15) is 5.11 Å². The summed E-state index contributed by atoms with van der Waals surface area (Å²) in [4.78, 5) is 7.96. The Morgan fingerprint density at radius 3 is 2.55 bits per heavy atom. The molecule has 0 aliphatic carbocycles. The number of aromatic hydroxyl groups is 1. The molecule has 112 valence electrons. The molecule has 0 radical (unpaired) electrons.